The molecule has 160 valence electrons. The highest BCUT2D eigenvalue weighted by Crippen LogP contribution is 2.20. The number of ether oxygens (including phenoxy) is 2. The number of hydrogen-bond donors (Lipinski definition) is 2. The summed E-state index contributed by atoms with van der Waals surface area (Å²) >= 11 is 5.76. The monoisotopic (exact) mass is 443 g/mol. The molecule has 2 N–H and O–H groups in total. The Kier molecular flexibility index (Phi) is 8.05. The summed E-state index contributed by atoms with van der Waals surface area (Å²) in [5.41, 5.74) is 0.405. The van der Waals surface area contributed by atoms with E-state index < -0.39 is 24.1 Å². The molecule has 0 saturated heterocycles. The fraction of sp³-hybridized carbons (Fsp3) is 0.211. The van der Waals surface area contributed by atoms with Gasteiger partial charge in [-0.3, -0.25) is 9.59 Å². The highest BCUT2D eigenvalue weighted by atomic mass is 35.5. The maximum absolute atomic E-state index is 12.1. The highest BCUT2D eigenvalue weighted by Gasteiger charge is 2.31. The lowest BCUT2D eigenvalue weighted by Crippen LogP contribution is -2.31. The second-order valence-electron chi connectivity index (χ2n) is 5.83. The summed E-state index contributed by atoms with van der Waals surface area (Å²) in [6.07, 6.45) is -3.66. The third-order valence-corrected chi connectivity index (χ3v) is 3.68. The first-order valence-electron chi connectivity index (χ1n) is 8.48. The molecule has 1 aromatic heterocycles. The predicted molar refractivity (Wildman–Crippen MR) is 102 cm³/mol. The Morgan fingerprint density at radius 3 is 2.43 bits per heavy atom. The van der Waals surface area contributed by atoms with Gasteiger partial charge in [-0.25, -0.2) is 4.98 Å². The molecule has 0 spiro atoms. The van der Waals surface area contributed by atoms with Gasteiger partial charge in [0.2, 0.25) is 5.88 Å². The van der Waals surface area contributed by atoms with Crippen molar-refractivity contribution in [1.82, 2.24) is 15.6 Å². The minimum atomic E-state index is -4.86. The molecule has 0 aliphatic carbocycles. The van der Waals surface area contributed by atoms with E-state index in [0.29, 0.717) is 16.5 Å². The molecule has 0 aliphatic rings. The van der Waals surface area contributed by atoms with Gasteiger partial charge in [-0.15, -0.1) is 13.2 Å². The lowest BCUT2D eigenvalue weighted by atomic mass is 10.2. The molecule has 1 heterocycles. The van der Waals surface area contributed by atoms with E-state index in [1.807, 2.05) is 0 Å². The van der Waals surface area contributed by atoms with Gasteiger partial charge in [0.25, 0.3) is 11.8 Å². The number of carbonyl (C=O) groups is 2. The molecule has 11 heteroatoms. The van der Waals surface area contributed by atoms with Gasteiger partial charge in [0.05, 0.1) is 5.56 Å². The zero-order valence-electron chi connectivity index (χ0n) is 15.5. The van der Waals surface area contributed by atoms with Gasteiger partial charge in [-0.05, 0) is 30.3 Å². The first kappa shape index (κ1) is 23.0. The van der Waals surface area contributed by atoms with Gasteiger partial charge >= 0.3 is 6.36 Å². The van der Waals surface area contributed by atoms with Gasteiger partial charge in [0.1, 0.15) is 5.75 Å². The molecule has 0 bridgehead atoms. The van der Waals surface area contributed by atoms with Crippen LogP contribution in [0.15, 0.2) is 54.9 Å². The van der Waals surface area contributed by atoms with E-state index in [-0.39, 0.29) is 25.1 Å². The first-order chi connectivity index (χ1) is 14.1. The number of alkyl halides is 3. The van der Waals surface area contributed by atoms with Crippen molar-refractivity contribution in [2.24, 2.45) is 0 Å². The molecule has 2 rings (SSSR count). The Morgan fingerprint density at radius 2 is 1.83 bits per heavy atom. The number of pyridine rings is 1. The molecule has 0 saturated carbocycles. The Labute approximate surface area is 174 Å². The number of carbonyl (C=O) groups excluding carboxylic acids is 2. The van der Waals surface area contributed by atoms with Crippen LogP contribution in [0.25, 0.3) is 0 Å². The number of halogens is 4. The van der Waals surface area contributed by atoms with E-state index in [9.17, 15) is 22.8 Å². The van der Waals surface area contributed by atoms with Crippen LogP contribution in [0.5, 0.6) is 11.6 Å². The molecule has 0 unspecified atom stereocenters. The minimum absolute atomic E-state index is 0.0514. The second-order valence-corrected chi connectivity index (χ2v) is 6.27. The van der Waals surface area contributed by atoms with Crippen LogP contribution in [0.4, 0.5) is 13.2 Å². The normalized spacial score (nSPS) is 10.8. The molecule has 0 fully saturated rings. The number of benzene rings is 1. The van der Waals surface area contributed by atoms with Gasteiger partial charge in [0, 0.05) is 35.9 Å². The highest BCUT2D eigenvalue weighted by molar-refractivity contribution is 6.30. The van der Waals surface area contributed by atoms with E-state index in [2.05, 4.69) is 26.9 Å². The molecule has 30 heavy (non-hydrogen) atoms. The lowest BCUT2D eigenvalue weighted by molar-refractivity contribution is -0.276. The van der Waals surface area contributed by atoms with E-state index in [4.69, 9.17) is 16.3 Å². The number of rotatable bonds is 9. The lowest BCUT2D eigenvalue weighted by Gasteiger charge is -2.11. The molecule has 0 aliphatic heterocycles. The second kappa shape index (κ2) is 10.5. The first-order valence-corrected chi connectivity index (χ1v) is 8.86. The Morgan fingerprint density at radius 1 is 1.13 bits per heavy atom. The van der Waals surface area contributed by atoms with Crippen molar-refractivity contribution < 1.29 is 32.2 Å². The van der Waals surface area contributed by atoms with Crippen LogP contribution in [0.2, 0.25) is 5.02 Å². The summed E-state index contributed by atoms with van der Waals surface area (Å²) in [4.78, 5) is 27.2. The number of nitrogens with one attached hydrogen (secondary N) is 2. The topological polar surface area (TPSA) is 89.5 Å². The average Bonchev–Trinajstić information content (AvgIpc) is 2.66. The molecule has 0 radical (unpaired) electrons. The molecule has 2 amide bonds. The number of hydrogen-bond acceptors (Lipinski definition) is 5. The number of amides is 2. The summed E-state index contributed by atoms with van der Waals surface area (Å²) in [5.74, 6) is -1.17. The van der Waals surface area contributed by atoms with E-state index in [1.54, 1.807) is 24.3 Å². The summed E-state index contributed by atoms with van der Waals surface area (Å²) < 4.78 is 45.2. The summed E-state index contributed by atoms with van der Waals surface area (Å²) in [5, 5.41) is 5.61. The van der Waals surface area contributed by atoms with E-state index in [1.165, 1.54) is 0 Å². The average molecular weight is 444 g/mol. The fourth-order valence-corrected chi connectivity index (χ4v) is 2.22. The zero-order chi connectivity index (χ0) is 22.1. The van der Waals surface area contributed by atoms with Crippen molar-refractivity contribution in [3.8, 4) is 11.6 Å². The van der Waals surface area contributed by atoms with Crippen LogP contribution in [-0.2, 0) is 4.79 Å². The standard InChI is InChI=1S/C19H17ClF3N3O4/c1-12(26-16(27)11-29-15-5-3-14(20)4-6-15)8-9-24-18(28)13-2-7-17(25-10-13)30-19(21,22)23/h2-7,10H,1,8-9,11H2,(H,24,28)(H,26,27). The summed E-state index contributed by atoms with van der Waals surface area (Å²) in [6, 6.07) is 8.58. The predicted octanol–water partition coefficient (Wildman–Crippen LogP) is 3.46. The van der Waals surface area contributed by atoms with Gasteiger partial charge in [-0.2, -0.15) is 0 Å². The SMILES string of the molecule is C=C(CCNC(=O)c1ccc(OC(F)(F)F)nc1)NC(=O)COc1ccc(Cl)cc1. The Balaban J connectivity index is 1.68. The van der Waals surface area contributed by atoms with Crippen LogP contribution < -0.4 is 20.1 Å². The quantitative estimate of drug-likeness (QED) is 0.619. The largest absolute Gasteiger partial charge is 0.574 e. The molecule has 7 nitrogen and oxygen atoms in total. The fourth-order valence-electron chi connectivity index (χ4n) is 2.10. The zero-order valence-corrected chi connectivity index (χ0v) is 16.2. The molecule has 2 aromatic rings. The Bertz CT molecular complexity index is 887. The molecular weight excluding hydrogens is 427 g/mol. The van der Waals surface area contributed by atoms with Gasteiger partial charge < -0.3 is 20.1 Å². The van der Waals surface area contributed by atoms with Crippen molar-refractivity contribution in [2.45, 2.75) is 12.8 Å². The van der Waals surface area contributed by atoms with E-state index in [0.717, 1.165) is 18.3 Å². The van der Waals surface area contributed by atoms with Crippen molar-refractivity contribution in [1.29, 1.82) is 0 Å². The van der Waals surface area contributed by atoms with Crippen molar-refractivity contribution in [3.05, 3.63) is 65.5 Å². The molecular formula is C19H17ClF3N3O4. The maximum atomic E-state index is 12.1. The van der Waals surface area contributed by atoms with Crippen LogP contribution >= 0.6 is 11.6 Å². The van der Waals surface area contributed by atoms with Gasteiger partial charge in [0.15, 0.2) is 6.61 Å². The summed E-state index contributed by atoms with van der Waals surface area (Å²) in [7, 11) is 0. The molecule has 0 atom stereocenters. The minimum Gasteiger partial charge on any atom is -0.484 e. The van der Waals surface area contributed by atoms with E-state index >= 15 is 0 Å². The number of nitrogens with zero attached hydrogens (tertiary/aromatic N) is 1. The maximum Gasteiger partial charge on any atom is 0.574 e. The van der Waals surface area contributed by atoms with Crippen LogP contribution in [-0.4, -0.2) is 36.3 Å². The van der Waals surface area contributed by atoms with Crippen LogP contribution in [0, 0.1) is 0 Å². The third-order valence-electron chi connectivity index (χ3n) is 3.43. The van der Waals surface area contributed by atoms with Crippen LogP contribution in [0.1, 0.15) is 16.8 Å². The summed E-state index contributed by atoms with van der Waals surface area (Å²) in [6.45, 7) is 3.59. The Hall–Kier alpha value is -3.27. The van der Waals surface area contributed by atoms with Crippen molar-refractivity contribution in [3.63, 3.8) is 0 Å². The van der Waals surface area contributed by atoms with Crippen molar-refractivity contribution >= 4 is 23.4 Å². The third kappa shape index (κ3) is 8.39. The van der Waals surface area contributed by atoms with Crippen molar-refractivity contribution in [2.75, 3.05) is 13.2 Å². The van der Waals surface area contributed by atoms with Crippen LogP contribution in [0.3, 0.4) is 0 Å². The number of aromatic nitrogens is 1. The smallest absolute Gasteiger partial charge is 0.484 e. The van der Waals surface area contributed by atoms with Gasteiger partial charge in [-0.1, -0.05) is 18.2 Å². The molecule has 1 aromatic carbocycles.